The van der Waals surface area contributed by atoms with Gasteiger partial charge in [-0.15, -0.1) is 0 Å². The summed E-state index contributed by atoms with van der Waals surface area (Å²) in [7, 11) is 0. The first kappa shape index (κ1) is 6.26. The molecule has 0 saturated carbocycles. The van der Waals surface area contributed by atoms with Crippen LogP contribution >= 0.6 is 0 Å². The maximum atomic E-state index is 4.78. The first-order valence-electron chi connectivity index (χ1n) is 3.04. The summed E-state index contributed by atoms with van der Waals surface area (Å²) in [4.78, 5) is 3.88. The molecule has 9 heavy (non-hydrogen) atoms. The van der Waals surface area contributed by atoms with Gasteiger partial charge in [-0.25, -0.2) is 0 Å². The molecule has 0 unspecified atom stereocenters. The molecule has 0 aliphatic heterocycles. The van der Waals surface area contributed by atoms with E-state index in [1.165, 1.54) is 6.33 Å². The van der Waals surface area contributed by atoms with Crippen LogP contribution in [0.5, 0.6) is 0 Å². The highest BCUT2D eigenvalue weighted by atomic mass is 16.5. The number of nitrogens with zero attached hydrogens (tertiary/aromatic N) is 2. The van der Waals surface area contributed by atoms with Crippen molar-refractivity contribution in [1.29, 1.82) is 0 Å². The van der Waals surface area contributed by atoms with Gasteiger partial charge in [0.2, 0.25) is 5.89 Å². The molecule has 3 nitrogen and oxygen atoms in total. The van der Waals surface area contributed by atoms with Gasteiger partial charge in [0.15, 0.2) is 6.33 Å². The van der Waals surface area contributed by atoms with Crippen LogP contribution in [0.2, 0.25) is 0 Å². The molecule has 0 aromatic carbocycles. The molecule has 0 amide bonds. The van der Waals surface area contributed by atoms with Crippen molar-refractivity contribution in [3.63, 3.8) is 0 Å². The van der Waals surface area contributed by atoms with Gasteiger partial charge in [0.1, 0.15) is 0 Å². The smallest absolute Gasteiger partial charge is 0.226 e. The summed E-state index contributed by atoms with van der Waals surface area (Å²) in [5.41, 5.74) is 0. The molecule has 0 atom stereocenters. The van der Waals surface area contributed by atoms with Gasteiger partial charge in [0, 0.05) is 6.42 Å². The molecule has 50 valence electrons. The fourth-order valence-corrected chi connectivity index (χ4v) is 0.635. The van der Waals surface area contributed by atoms with E-state index in [0.717, 1.165) is 12.3 Å². The van der Waals surface area contributed by atoms with Crippen LogP contribution in [0.3, 0.4) is 0 Å². The minimum Gasteiger partial charge on any atom is -0.340 e. The lowest BCUT2D eigenvalue weighted by molar-refractivity contribution is 0.362. The lowest BCUT2D eigenvalue weighted by atomic mass is 10.1. The van der Waals surface area contributed by atoms with E-state index in [2.05, 4.69) is 24.0 Å². The quantitative estimate of drug-likeness (QED) is 0.599. The largest absolute Gasteiger partial charge is 0.340 e. The first-order chi connectivity index (χ1) is 4.29. The second-order valence-electron chi connectivity index (χ2n) is 2.43. The van der Waals surface area contributed by atoms with Gasteiger partial charge in [0.05, 0.1) is 0 Å². The molecule has 0 fully saturated rings. The zero-order valence-electron chi connectivity index (χ0n) is 5.66. The molecular weight excluding hydrogens is 116 g/mol. The Morgan fingerprint density at radius 1 is 1.67 bits per heavy atom. The molecule has 3 heteroatoms. The minimum atomic E-state index is 0.588. The second kappa shape index (κ2) is 2.62. The average molecular weight is 126 g/mol. The zero-order valence-corrected chi connectivity index (χ0v) is 5.66. The Hall–Kier alpha value is -0.860. The molecule has 0 bridgehead atoms. The standard InChI is InChI=1S/C6H10N2O/c1-5(2)3-6-7-4-8-9-6/h4-5H,3H2,1-2H3. The van der Waals surface area contributed by atoms with E-state index in [4.69, 9.17) is 4.52 Å². The van der Waals surface area contributed by atoms with Crippen molar-refractivity contribution in [2.75, 3.05) is 0 Å². The van der Waals surface area contributed by atoms with Crippen LogP contribution in [-0.4, -0.2) is 10.1 Å². The number of rotatable bonds is 2. The van der Waals surface area contributed by atoms with E-state index in [9.17, 15) is 0 Å². The second-order valence-corrected chi connectivity index (χ2v) is 2.43. The Kier molecular flexibility index (Phi) is 1.82. The van der Waals surface area contributed by atoms with E-state index < -0.39 is 0 Å². The van der Waals surface area contributed by atoms with Gasteiger partial charge < -0.3 is 4.52 Å². The molecule has 1 aromatic rings. The fourth-order valence-electron chi connectivity index (χ4n) is 0.635. The third kappa shape index (κ3) is 1.83. The molecular formula is C6H10N2O. The van der Waals surface area contributed by atoms with Crippen molar-refractivity contribution < 1.29 is 4.52 Å². The number of aromatic nitrogens is 2. The van der Waals surface area contributed by atoms with Gasteiger partial charge in [-0.3, -0.25) is 0 Å². The van der Waals surface area contributed by atoms with Crippen LogP contribution in [0.1, 0.15) is 19.7 Å². The van der Waals surface area contributed by atoms with Gasteiger partial charge in [0.25, 0.3) is 0 Å². The highest BCUT2D eigenvalue weighted by molar-refractivity contribution is 4.74. The average Bonchev–Trinajstić information content (AvgIpc) is 2.15. The van der Waals surface area contributed by atoms with Crippen molar-refractivity contribution in [2.24, 2.45) is 5.92 Å². The molecule has 0 radical (unpaired) electrons. The number of hydrogen-bond donors (Lipinski definition) is 0. The van der Waals surface area contributed by atoms with Gasteiger partial charge >= 0.3 is 0 Å². The molecule has 0 aliphatic rings. The van der Waals surface area contributed by atoms with E-state index in [1.807, 2.05) is 0 Å². The summed E-state index contributed by atoms with van der Waals surface area (Å²) in [5, 5.41) is 3.49. The van der Waals surface area contributed by atoms with Crippen molar-refractivity contribution in [3.8, 4) is 0 Å². The van der Waals surface area contributed by atoms with Crippen LogP contribution < -0.4 is 0 Å². The van der Waals surface area contributed by atoms with Crippen molar-refractivity contribution >= 4 is 0 Å². The van der Waals surface area contributed by atoms with Crippen molar-refractivity contribution in [2.45, 2.75) is 20.3 Å². The molecule has 0 aliphatic carbocycles. The maximum absolute atomic E-state index is 4.78. The third-order valence-corrected chi connectivity index (χ3v) is 0.990. The Balaban J connectivity index is 2.48. The van der Waals surface area contributed by atoms with Crippen LogP contribution in [-0.2, 0) is 6.42 Å². The minimum absolute atomic E-state index is 0.588. The Morgan fingerprint density at radius 3 is 2.89 bits per heavy atom. The lowest BCUT2D eigenvalue weighted by Gasteiger charge is -1.95. The Labute approximate surface area is 54.1 Å². The lowest BCUT2D eigenvalue weighted by Crippen LogP contribution is -1.92. The highest BCUT2D eigenvalue weighted by Crippen LogP contribution is 2.01. The molecule has 0 N–H and O–H groups in total. The van der Waals surface area contributed by atoms with Crippen LogP contribution in [0.25, 0.3) is 0 Å². The predicted octanol–water partition coefficient (Wildman–Crippen LogP) is 1.27. The molecule has 1 aromatic heterocycles. The molecule has 0 saturated heterocycles. The fraction of sp³-hybridized carbons (Fsp3) is 0.667. The maximum Gasteiger partial charge on any atom is 0.226 e. The summed E-state index contributed by atoms with van der Waals surface area (Å²) >= 11 is 0. The highest BCUT2D eigenvalue weighted by Gasteiger charge is 2.00. The first-order valence-corrected chi connectivity index (χ1v) is 3.04. The van der Waals surface area contributed by atoms with Crippen LogP contribution in [0, 0.1) is 5.92 Å². The Morgan fingerprint density at radius 2 is 2.44 bits per heavy atom. The summed E-state index contributed by atoms with van der Waals surface area (Å²) in [6, 6.07) is 0. The monoisotopic (exact) mass is 126 g/mol. The van der Waals surface area contributed by atoms with Gasteiger partial charge in [-0.1, -0.05) is 19.0 Å². The van der Waals surface area contributed by atoms with Crippen molar-refractivity contribution in [1.82, 2.24) is 10.1 Å². The van der Waals surface area contributed by atoms with Crippen LogP contribution in [0.15, 0.2) is 10.9 Å². The van der Waals surface area contributed by atoms with Crippen LogP contribution in [0.4, 0.5) is 0 Å². The van der Waals surface area contributed by atoms with E-state index in [-0.39, 0.29) is 0 Å². The van der Waals surface area contributed by atoms with Gasteiger partial charge in [-0.2, -0.15) is 4.98 Å². The predicted molar refractivity (Wildman–Crippen MR) is 32.8 cm³/mol. The topological polar surface area (TPSA) is 38.9 Å². The summed E-state index contributed by atoms with van der Waals surface area (Å²) in [6.07, 6.45) is 2.30. The molecule has 0 spiro atoms. The molecule has 1 rings (SSSR count). The zero-order chi connectivity index (χ0) is 6.69. The summed E-state index contributed by atoms with van der Waals surface area (Å²) in [5.74, 6) is 1.32. The Bertz CT molecular complexity index is 158. The van der Waals surface area contributed by atoms with Gasteiger partial charge in [-0.05, 0) is 5.92 Å². The SMILES string of the molecule is CC(C)Cc1ncno1. The third-order valence-electron chi connectivity index (χ3n) is 0.990. The van der Waals surface area contributed by atoms with E-state index >= 15 is 0 Å². The van der Waals surface area contributed by atoms with E-state index in [1.54, 1.807) is 0 Å². The summed E-state index contributed by atoms with van der Waals surface area (Å²) < 4.78 is 4.78. The normalized spacial score (nSPS) is 10.6. The van der Waals surface area contributed by atoms with E-state index in [0.29, 0.717) is 5.92 Å². The number of hydrogen-bond acceptors (Lipinski definition) is 3. The van der Waals surface area contributed by atoms with Crippen molar-refractivity contribution in [3.05, 3.63) is 12.2 Å². The molecule has 1 heterocycles. The summed E-state index contributed by atoms with van der Waals surface area (Å²) in [6.45, 7) is 4.23.